The first-order valence-electron chi connectivity index (χ1n) is 9.51. The zero-order valence-electron chi connectivity index (χ0n) is 16.7. The lowest BCUT2D eigenvalue weighted by Gasteiger charge is -2.26. The molecular formula is C24H24BrNO3S. The molecule has 3 aromatic carbocycles. The van der Waals surface area contributed by atoms with Gasteiger partial charge in [0.05, 0.1) is 11.0 Å². The molecule has 0 amide bonds. The van der Waals surface area contributed by atoms with Gasteiger partial charge in [-0.2, -0.15) is 4.31 Å². The lowest BCUT2D eigenvalue weighted by Crippen LogP contribution is -2.36. The van der Waals surface area contributed by atoms with Crippen molar-refractivity contribution in [3.8, 4) is 0 Å². The van der Waals surface area contributed by atoms with Gasteiger partial charge in [-0.05, 0) is 47.9 Å². The number of rotatable bonds is 8. The van der Waals surface area contributed by atoms with E-state index in [-0.39, 0.29) is 18.0 Å². The van der Waals surface area contributed by atoms with E-state index in [1.54, 1.807) is 36.4 Å². The summed E-state index contributed by atoms with van der Waals surface area (Å²) >= 11 is 3.39. The quantitative estimate of drug-likeness (QED) is 0.477. The van der Waals surface area contributed by atoms with Crippen LogP contribution in [0.5, 0.6) is 0 Å². The van der Waals surface area contributed by atoms with Crippen LogP contribution in [0.3, 0.4) is 0 Å². The molecule has 0 aromatic heterocycles. The molecule has 0 fully saturated rings. The van der Waals surface area contributed by atoms with Gasteiger partial charge in [-0.3, -0.25) is 0 Å². The SMILES string of the molecule is C=C(CN(CC(O)c1cccc(Br)c1)S(=O)(=O)c1ccc(C)cc1)c1ccccc1. The first-order chi connectivity index (χ1) is 14.3. The summed E-state index contributed by atoms with van der Waals surface area (Å²) < 4.78 is 28.9. The minimum absolute atomic E-state index is 0.0747. The number of halogens is 1. The number of hydrogen-bond acceptors (Lipinski definition) is 3. The summed E-state index contributed by atoms with van der Waals surface area (Å²) in [5, 5.41) is 10.8. The zero-order valence-corrected chi connectivity index (χ0v) is 19.1. The van der Waals surface area contributed by atoms with Crippen molar-refractivity contribution in [2.24, 2.45) is 0 Å². The second-order valence-corrected chi connectivity index (χ2v) is 10.0. The lowest BCUT2D eigenvalue weighted by atomic mass is 10.1. The van der Waals surface area contributed by atoms with Gasteiger partial charge in [0.15, 0.2) is 0 Å². The maximum atomic E-state index is 13.4. The largest absolute Gasteiger partial charge is 0.387 e. The van der Waals surface area contributed by atoms with Gasteiger partial charge in [0.2, 0.25) is 10.0 Å². The summed E-state index contributed by atoms with van der Waals surface area (Å²) in [6.07, 6.45) is -0.980. The standard InChI is InChI=1S/C24H24BrNO3S/c1-18-11-13-23(14-12-18)30(28,29)26(16-19(2)20-7-4-3-5-8-20)17-24(27)21-9-6-10-22(25)15-21/h3-15,24,27H,2,16-17H2,1H3. The normalized spacial score (nSPS) is 12.7. The molecular weight excluding hydrogens is 462 g/mol. The fourth-order valence-corrected chi connectivity index (χ4v) is 4.96. The van der Waals surface area contributed by atoms with Gasteiger partial charge in [0, 0.05) is 17.6 Å². The van der Waals surface area contributed by atoms with Gasteiger partial charge in [-0.15, -0.1) is 0 Å². The second kappa shape index (κ2) is 9.71. The van der Waals surface area contributed by atoms with Crippen LogP contribution in [0.25, 0.3) is 5.57 Å². The minimum Gasteiger partial charge on any atom is -0.387 e. The fourth-order valence-electron chi connectivity index (χ4n) is 3.10. The van der Waals surface area contributed by atoms with Gasteiger partial charge >= 0.3 is 0 Å². The Balaban J connectivity index is 1.93. The monoisotopic (exact) mass is 485 g/mol. The van der Waals surface area contributed by atoms with E-state index in [0.29, 0.717) is 11.1 Å². The van der Waals surface area contributed by atoms with Crippen LogP contribution >= 0.6 is 15.9 Å². The minimum atomic E-state index is -3.83. The Morgan fingerprint density at radius 2 is 1.70 bits per heavy atom. The van der Waals surface area contributed by atoms with Crippen molar-refractivity contribution in [3.63, 3.8) is 0 Å². The van der Waals surface area contributed by atoms with E-state index in [1.165, 1.54) is 4.31 Å². The molecule has 1 atom stereocenters. The highest BCUT2D eigenvalue weighted by atomic mass is 79.9. The Morgan fingerprint density at radius 1 is 1.03 bits per heavy atom. The molecule has 0 spiro atoms. The van der Waals surface area contributed by atoms with Gasteiger partial charge in [-0.25, -0.2) is 8.42 Å². The van der Waals surface area contributed by atoms with E-state index < -0.39 is 16.1 Å². The van der Waals surface area contributed by atoms with Crippen LogP contribution in [-0.2, 0) is 10.0 Å². The maximum absolute atomic E-state index is 13.4. The van der Waals surface area contributed by atoms with E-state index in [4.69, 9.17) is 0 Å². The number of benzene rings is 3. The van der Waals surface area contributed by atoms with E-state index >= 15 is 0 Å². The molecule has 0 radical (unpaired) electrons. The highest BCUT2D eigenvalue weighted by Gasteiger charge is 2.28. The van der Waals surface area contributed by atoms with Crippen molar-refractivity contribution in [2.75, 3.05) is 13.1 Å². The smallest absolute Gasteiger partial charge is 0.243 e. The molecule has 0 heterocycles. The van der Waals surface area contributed by atoms with Crippen molar-refractivity contribution in [2.45, 2.75) is 17.9 Å². The molecule has 0 aliphatic rings. The summed E-state index contributed by atoms with van der Waals surface area (Å²) in [6, 6.07) is 23.4. The zero-order chi connectivity index (χ0) is 21.7. The predicted octanol–water partition coefficient (Wildman–Crippen LogP) is 5.20. The predicted molar refractivity (Wildman–Crippen MR) is 125 cm³/mol. The molecule has 3 rings (SSSR count). The molecule has 6 heteroatoms. The van der Waals surface area contributed by atoms with Gasteiger partial charge in [0.1, 0.15) is 0 Å². The van der Waals surface area contributed by atoms with Crippen LogP contribution in [0.2, 0.25) is 0 Å². The molecule has 156 valence electrons. The van der Waals surface area contributed by atoms with Crippen molar-refractivity contribution in [3.05, 3.63) is 107 Å². The molecule has 0 aliphatic heterocycles. The Bertz CT molecular complexity index is 1110. The molecule has 0 saturated carbocycles. The van der Waals surface area contributed by atoms with Crippen molar-refractivity contribution >= 4 is 31.5 Å². The van der Waals surface area contributed by atoms with Gasteiger partial charge in [-0.1, -0.05) is 82.7 Å². The third-order valence-electron chi connectivity index (χ3n) is 4.82. The van der Waals surface area contributed by atoms with Gasteiger partial charge < -0.3 is 5.11 Å². The number of hydrogen-bond donors (Lipinski definition) is 1. The van der Waals surface area contributed by atoms with Crippen LogP contribution in [0.1, 0.15) is 22.8 Å². The Morgan fingerprint density at radius 3 is 2.33 bits per heavy atom. The average Bonchev–Trinajstić information content (AvgIpc) is 2.74. The summed E-state index contributed by atoms with van der Waals surface area (Å²) in [5.74, 6) is 0. The van der Waals surface area contributed by atoms with E-state index in [1.807, 2.05) is 49.4 Å². The molecule has 1 N–H and O–H groups in total. The molecule has 0 saturated heterocycles. The van der Waals surface area contributed by atoms with Crippen LogP contribution < -0.4 is 0 Å². The van der Waals surface area contributed by atoms with Gasteiger partial charge in [0.25, 0.3) is 0 Å². The Kier molecular flexibility index (Phi) is 7.26. The molecule has 4 nitrogen and oxygen atoms in total. The van der Waals surface area contributed by atoms with Crippen molar-refractivity contribution < 1.29 is 13.5 Å². The summed E-state index contributed by atoms with van der Waals surface area (Å²) in [6.45, 7) is 5.98. The lowest BCUT2D eigenvalue weighted by molar-refractivity contribution is 0.151. The second-order valence-electron chi connectivity index (χ2n) is 7.15. The van der Waals surface area contributed by atoms with E-state index in [0.717, 1.165) is 15.6 Å². The Labute approximate surface area is 186 Å². The van der Waals surface area contributed by atoms with Crippen molar-refractivity contribution in [1.82, 2.24) is 4.31 Å². The van der Waals surface area contributed by atoms with E-state index in [9.17, 15) is 13.5 Å². The maximum Gasteiger partial charge on any atom is 0.243 e. The average molecular weight is 486 g/mol. The third kappa shape index (κ3) is 5.46. The molecule has 0 aliphatic carbocycles. The number of aliphatic hydroxyl groups is 1. The molecule has 3 aromatic rings. The van der Waals surface area contributed by atoms with Crippen LogP contribution in [-0.4, -0.2) is 30.9 Å². The Hall–Kier alpha value is -2.25. The van der Waals surface area contributed by atoms with Crippen LogP contribution in [0, 0.1) is 6.92 Å². The first kappa shape index (κ1) is 22.4. The summed E-state index contributed by atoms with van der Waals surface area (Å²) in [5.41, 5.74) is 3.13. The highest BCUT2D eigenvalue weighted by Crippen LogP contribution is 2.25. The molecule has 0 bridgehead atoms. The number of nitrogens with zero attached hydrogens (tertiary/aromatic N) is 1. The van der Waals surface area contributed by atoms with Crippen LogP contribution in [0.15, 0.2) is 94.8 Å². The molecule has 1 unspecified atom stereocenters. The summed E-state index contributed by atoms with van der Waals surface area (Å²) in [4.78, 5) is 0.190. The fraction of sp³-hybridized carbons (Fsp3) is 0.167. The number of aliphatic hydroxyl groups excluding tert-OH is 1. The number of sulfonamides is 1. The first-order valence-corrected chi connectivity index (χ1v) is 11.7. The topological polar surface area (TPSA) is 57.6 Å². The van der Waals surface area contributed by atoms with E-state index in [2.05, 4.69) is 22.5 Å². The molecule has 30 heavy (non-hydrogen) atoms. The third-order valence-corrected chi connectivity index (χ3v) is 7.14. The highest BCUT2D eigenvalue weighted by molar-refractivity contribution is 9.10. The number of aryl methyl sites for hydroxylation is 1. The van der Waals surface area contributed by atoms with Crippen LogP contribution in [0.4, 0.5) is 0 Å². The summed E-state index contributed by atoms with van der Waals surface area (Å²) in [7, 11) is -3.83. The van der Waals surface area contributed by atoms with Crippen molar-refractivity contribution in [1.29, 1.82) is 0 Å².